The van der Waals surface area contributed by atoms with Gasteiger partial charge in [0.05, 0.1) is 11.3 Å². The number of amides is 1. The zero-order valence-electron chi connectivity index (χ0n) is 15.2. The summed E-state index contributed by atoms with van der Waals surface area (Å²) in [5.74, 6) is 6.17. The van der Waals surface area contributed by atoms with Gasteiger partial charge in [-0.2, -0.15) is 0 Å². The molecule has 0 saturated carbocycles. The summed E-state index contributed by atoms with van der Waals surface area (Å²) >= 11 is 0. The van der Waals surface area contributed by atoms with Crippen molar-refractivity contribution in [2.24, 2.45) is 5.41 Å². The van der Waals surface area contributed by atoms with E-state index in [-0.39, 0.29) is 11.3 Å². The van der Waals surface area contributed by atoms with Crippen LogP contribution in [0.25, 0.3) is 5.65 Å². The van der Waals surface area contributed by atoms with Gasteiger partial charge < -0.3 is 9.30 Å². The topological polar surface area (TPSA) is 50.5 Å². The summed E-state index contributed by atoms with van der Waals surface area (Å²) in [6.45, 7) is 5.03. The van der Waals surface area contributed by atoms with Gasteiger partial charge in [-0.1, -0.05) is 25.8 Å². The maximum Gasteiger partial charge on any atom is 0.255 e. The van der Waals surface area contributed by atoms with E-state index < -0.39 is 0 Å². The first-order valence-electron chi connectivity index (χ1n) is 8.61. The van der Waals surface area contributed by atoms with Crippen LogP contribution < -0.4 is 0 Å². The number of fused-ring (bicyclic) bond motifs is 2. The molecule has 26 heavy (non-hydrogen) atoms. The van der Waals surface area contributed by atoms with Crippen molar-refractivity contribution < 1.29 is 4.79 Å². The maximum atomic E-state index is 12.7. The first kappa shape index (κ1) is 16.3. The Hall–Kier alpha value is -3.13. The Bertz CT molecular complexity index is 1040. The average molecular weight is 344 g/mol. The van der Waals surface area contributed by atoms with Crippen molar-refractivity contribution in [2.75, 3.05) is 13.6 Å². The third-order valence-electron chi connectivity index (χ3n) is 4.56. The fraction of sp³-hybridized carbons (Fsp3) is 0.286. The fourth-order valence-corrected chi connectivity index (χ4v) is 3.45. The molecular weight excluding hydrogens is 324 g/mol. The molecular formula is C21H20N4O. The van der Waals surface area contributed by atoms with Crippen LogP contribution in [0, 0.1) is 17.3 Å². The van der Waals surface area contributed by atoms with E-state index in [9.17, 15) is 4.79 Å². The summed E-state index contributed by atoms with van der Waals surface area (Å²) in [7, 11) is 1.84. The predicted octanol–water partition coefficient (Wildman–Crippen LogP) is 2.78. The fourth-order valence-electron chi connectivity index (χ4n) is 3.45. The second-order valence-electron chi connectivity index (χ2n) is 7.56. The molecule has 3 aromatic heterocycles. The second-order valence-corrected chi connectivity index (χ2v) is 7.56. The van der Waals surface area contributed by atoms with Gasteiger partial charge in [0.1, 0.15) is 11.3 Å². The van der Waals surface area contributed by atoms with E-state index in [4.69, 9.17) is 0 Å². The normalized spacial score (nSPS) is 16.0. The number of hydrogen-bond donors (Lipinski definition) is 0. The van der Waals surface area contributed by atoms with Gasteiger partial charge >= 0.3 is 0 Å². The molecule has 4 heterocycles. The highest BCUT2D eigenvalue weighted by Crippen LogP contribution is 2.28. The minimum Gasteiger partial charge on any atom is -0.341 e. The van der Waals surface area contributed by atoms with E-state index in [2.05, 4.69) is 35.7 Å². The lowest BCUT2D eigenvalue weighted by molar-refractivity contribution is 0.0754. The van der Waals surface area contributed by atoms with Crippen LogP contribution >= 0.6 is 0 Å². The Morgan fingerprint density at radius 3 is 2.88 bits per heavy atom. The Balaban J connectivity index is 1.70. The first-order valence-corrected chi connectivity index (χ1v) is 8.61. The number of nitrogens with zero attached hydrogens (tertiary/aromatic N) is 4. The van der Waals surface area contributed by atoms with Gasteiger partial charge in [0.25, 0.3) is 5.91 Å². The molecule has 130 valence electrons. The van der Waals surface area contributed by atoms with Gasteiger partial charge in [-0.3, -0.25) is 9.78 Å². The van der Waals surface area contributed by atoms with Crippen LogP contribution in [0.15, 0.2) is 42.9 Å². The molecule has 0 aromatic carbocycles. The van der Waals surface area contributed by atoms with Crippen molar-refractivity contribution in [1.82, 2.24) is 19.3 Å². The van der Waals surface area contributed by atoms with Crippen LogP contribution in [-0.2, 0) is 6.42 Å². The largest absolute Gasteiger partial charge is 0.341 e. The van der Waals surface area contributed by atoms with Gasteiger partial charge in [0.15, 0.2) is 0 Å². The third-order valence-corrected chi connectivity index (χ3v) is 4.56. The van der Waals surface area contributed by atoms with Crippen molar-refractivity contribution in [3.8, 4) is 11.8 Å². The minimum absolute atomic E-state index is 0.00634. The van der Waals surface area contributed by atoms with Crippen molar-refractivity contribution in [1.29, 1.82) is 0 Å². The molecule has 0 spiro atoms. The van der Waals surface area contributed by atoms with Gasteiger partial charge in [-0.25, -0.2) is 4.98 Å². The molecule has 1 aliphatic heterocycles. The summed E-state index contributed by atoms with van der Waals surface area (Å²) in [6.07, 6.45) is 6.35. The van der Waals surface area contributed by atoms with Crippen LogP contribution in [0.2, 0.25) is 0 Å². The summed E-state index contributed by atoms with van der Waals surface area (Å²) < 4.78 is 1.93. The van der Waals surface area contributed by atoms with E-state index in [0.717, 1.165) is 23.3 Å². The second kappa shape index (κ2) is 5.99. The lowest BCUT2D eigenvalue weighted by Crippen LogP contribution is -2.33. The Morgan fingerprint density at radius 1 is 1.23 bits per heavy atom. The highest BCUT2D eigenvalue weighted by Gasteiger charge is 2.31. The van der Waals surface area contributed by atoms with Gasteiger partial charge in [-0.05, 0) is 36.0 Å². The van der Waals surface area contributed by atoms with Crippen molar-refractivity contribution >= 4 is 11.6 Å². The average Bonchev–Trinajstić information content (AvgIpc) is 2.99. The van der Waals surface area contributed by atoms with Gasteiger partial charge in [0.2, 0.25) is 0 Å². The van der Waals surface area contributed by atoms with Crippen molar-refractivity contribution in [3.05, 3.63) is 65.4 Å². The molecule has 4 rings (SSSR count). The number of hydrogen-bond acceptors (Lipinski definition) is 3. The van der Waals surface area contributed by atoms with E-state index >= 15 is 0 Å². The molecule has 0 fully saturated rings. The molecule has 0 radical (unpaired) electrons. The minimum atomic E-state index is 0.00634. The van der Waals surface area contributed by atoms with Crippen molar-refractivity contribution in [3.63, 3.8) is 0 Å². The Labute approximate surface area is 152 Å². The standard InChI is InChI=1S/C21H20N4O/c1-21(2)11-18-17(20(26)24(3)14-21)10-15(12-22-18)7-8-16-13-25-9-5-4-6-19(25)23-16/h4-6,9-10,12-13H,11,14H2,1-3H3. The first-order chi connectivity index (χ1) is 12.4. The van der Waals surface area contributed by atoms with Crippen LogP contribution in [-0.4, -0.2) is 38.8 Å². The van der Waals surface area contributed by atoms with Crippen LogP contribution in [0.1, 0.15) is 41.2 Å². The molecule has 0 aliphatic carbocycles. The quantitative estimate of drug-likeness (QED) is 0.589. The molecule has 0 saturated heterocycles. The van der Waals surface area contributed by atoms with E-state index in [0.29, 0.717) is 17.8 Å². The summed E-state index contributed by atoms with van der Waals surface area (Å²) in [5, 5.41) is 0. The molecule has 5 heteroatoms. The molecule has 5 nitrogen and oxygen atoms in total. The number of imidazole rings is 1. The van der Waals surface area contributed by atoms with Crippen LogP contribution in [0.4, 0.5) is 0 Å². The van der Waals surface area contributed by atoms with Crippen molar-refractivity contribution in [2.45, 2.75) is 20.3 Å². The number of carbonyl (C=O) groups is 1. The lowest BCUT2D eigenvalue weighted by Gasteiger charge is -2.26. The summed E-state index contributed by atoms with van der Waals surface area (Å²) in [4.78, 5) is 23.5. The number of rotatable bonds is 0. The lowest BCUT2D eigenvalue weighted by atomic mass is 9.87. The summed E-state index contributed by atoms with van der Waals surface area (Å²) in [5.41, 5.74) is 3.78. The third kappa shape index (κ3) is 3.06. The SMILES string of the molecule is CN1CC(C)(C)Cc2ncc(C#Cc3cn4ccccc4n3)cc2C1=O. The van der Waals surface area contributed by atoms with E-state index in [1.165, 1.54) is 0 Å². The van der Waals surface area contributed by atoms with Crippen LogP contribution in [0.3, 0.4) is 0 Å². The maximum absolute atomic E-state index is 12.7. The number of aromatic nitrogens is 3. The van der Waals surface area contributed by atoms with E-state index in [1.54, 1.807) is 11.1 Å². The highest BCUT2D eigenvalue weighted by atomic mass is 16.2. The predicted molar refractivity (Wildman–Crippen MR) is 99.9 cm³/mol. The molecule has 0 unspecified atom stereocenters. The molecule has 0 N–H and O–H groups in total. The molecule has 1 amide bonds. The number of carbonyl (C=O) groups excluding carboxylic acids is 1. The molecule has 0 bridgehead atoms. The monoisotopic (exact) mass is 344 g/mol. The highest BCUT2D eigenvalue weighted by molar-refractivity contribution is 5.96. The molecule has 3 aromatic rings. The molecule has 1 aliphatic rings. The van der Waals surface area contributed by atoms with Gasteiger partial charge in [-0.15, -0.1) is 0 Å². The zero-order chi connectivity index (χ0) is 18.3. The Morgan fingerprint density at radius 2 is 2.08 bits per heavy atom. The number of pyridine rings is 2. The zero-order valence-corrected chi connectivity index (χ0v) is 15.2. The molecule has 0 atom stereocenters. The summed E-state index contributed by atoms with van der Waals surface area (Å²) in [6, 6.07) is 7.68. The van der Waals surface area contributed by atoms with Crippen LogP contribution in [0.5, 0.6) is 0 Å². The smallest absolute Gasteiger partial charge is 0.255 e. The Kier molecular flexibility index (Phi) is 3.77. The van der Waals surface area contributed by atoms with E-state index in [1.807, 2.05) is 48.1 Å². The van der Waals surface area contributed by atoms with Gasteiger partial charge in [0, 0.05) is 37.7 Å².